The second-order valence-corrected chi connectivity index (χ2v) is 7.37. The Morgan fingerprint density at radius 3 is 2.94 bits per heavy atom. The van der Waals surface area contributed by atoms with Gasteiger partial charge in [0.1, 0.15) is 23.4 Å². The number of carbonyl (C=O) groups is 2. The van der Waals surface area contributed by atoms with Crippen molar-refractivity contribution in [2.75, 3.05) is 19.1 Å². The minimum atomic E-state index is -0.707. The van der Waals surface area contributed by atoms with E-state index in [1.165, 1.54) is 17.0 Å². The number of fused-ring (bicyclic) bond motifs is 1. The summed E-state index contributed by atoms with van der Waals surface area (Å²) in [6, 6.07) is 11.0. The number of amides is 2. The molecule has 1 aliphatic heterocycles. The maximum Gasteiger partial charge on any atom is 0.291 e. The fraction of sp³-hybridized carbons (Fsp3) is 0.273. The molecule has 4 rings (SSSR count). The zero-order valence-corrected chi connectivity index (χ0v) is 17.2. The Hall–Kier alpha value is -3.75. The van der Waals surface area contributed by atoms with E-state index in [1.807, 2.05) is 18.2 Å². The maximum atomic E-state index is 13.4. The molecule has 0 saturated heterocycles. The molecule has 31 heavy (non-hydrogen) atoms. The molecule has 0 fully saturated rings. The van der Waals surface area contributed by atoms with Crippen LogP contribution in [0.4, 0.5) is 10.1 Å². The summed E-state index contributed by atoms with van der Waals surface area (Å²) in [5.41, 5.74) is 2.47. The van der Waals surface area contributed by atoms with E-state index in [0.717, 1.165) is 11.3 Å². The van der Waals surface area contributed by atoms with Gasteiger partial charge in [-0.3, -0.25) is 14.7 Å². The van der Waals surface area contributed by atoms with Crippen molar-refractivity contribution >= 4 is 17.5 Å². The van der Waals surface area contributed by atoms with Gasteiger partial charge in [-0.2, -0.15) is 0 Å². The topological polar surface area (TPSA) is 100 Å². The number of aryl methyl sites for hydroxylation is 1. The largest absolute Gasteiger partial charge is 0.497 e. The third-order valence-electron chi connectivity index (χ3n) is 5.29. The van der Waals surface area contributed by atoms with Crippen molar-refractivity contribution in [1.82, 2.24) is 20.5 Å². The Morgan fingerprint density at radius 2 is 2.16 bits per heavy atom. The molecule has 1 aromatic heterocycles. The summed E-state index contributed by atoms with van der Waals surface area (Å²) in [5, 5.41) is 9.38. The zero-order valence-electron chi connectivity index (χ0n) is 17.2. The molecule has 160 valence electrons. The van der Waals surface area contributed by atoms with Gasteiger partial charge in [0.15, 0.2) is 0 Å². The quantitative estimate of drug-likeness (QED) is 0.656. The molecular weight excluding hydrogens is 401 g/mol. The highest BCUT2D eigenvalue weighted by molar-refractivity contribution is 6.02. The molecule has 3 aromatic rings. The van der Waals surface area contributed by atoms with Crippen LogP contribution in [-0.4, -0.2) is 47.2 Å². The second kappa shape index (κ2) is 8.55. The monoisotopic (exact) mass is 423 g/mol. The van der Waals surface area contributed by atoms with Crippen molar-refractivity contribution in [1.29, 1.82) is 0 Å². The first-order chi connectivity index (χ1) is 14.9. The number of halogens is 1. The van der Waals surface area contributed by atoms with Crippen LogP contribution in [0.2, 0.25) is 0 Å². The molecule has 2 aromatic carbocycles. The van der Waals surface area contributed by atoms with E-state index in [2.05, 4.69) is 20.5 Å². The number of aromatic amines is 1. The van der Waals surface area contributed by atoms with Crippen molar-refractivity contribution in [3.05, 3.63) is 71.1 Å². The summed E-state index contributed by atoms with van der Waals surface area (Å²) in [4.78, 5) is 31.3. The number of nitrogens with one attached hydrogen (secondary N) is 2. The average molecular weight is 423 g/mol. The maximum absolute atomic E-state index is 13.4. The van der Waals surface area contributed by atoms with Gasteiger partial charge in [-0.05, 0) is 42.2 Å². The fourth-order valence-corrected chi connectivity index (χ4v) is 3.64. The van der Waals surface area contributed by atoms with Crippen LogP contribution in [0.1, 0.15) is 34.0 Å². The number of methoxy groups -OCH3 is 1. The molecule has 0 spiro atoms. The van der Waals surface area contributed by atoms with Crippen LogP contribution >= 0.6 is 0 Å². The van der Waals surface area contributed by atoms with Crippen LogP contribution in [0.25, 0.3) is 0 Å². The first-order valence-corrected chi connectivity index (χ1v) is 9.85. The number of anilines is 1. The van der Waals surface area contributed by atoms with E-state index in [0.29, 0.717) is 36.4 Å². The van der Waals surface area contributed by atoms with Crippen molar-refractivity contribution in [3.8, 4) is 5.75 Å². The predicted molar refractivity (Wildman–Crippen MR) is 112 cm³/mol. The van der Waals surface area contributed by atoms with Gasteiger partial charge in [0, 0.05) is 19.5 Å². The van der Waals surface area contributed by atoms with Gasteiger partial charge in [-0.25, -0.2) is 9.37 Å². The van der Waals surface area contributed by atoms with E-state index in [-0.39, 0.29) is 17.5 Å². The van der Waals surface area contributed by atoms with Crippen molar-refractivity contribution in [2.24, 2.45) is 0 Å². The van der Waals surface area contributed by atoms with Gasteiger partial charge in [0.2, 0.25) is 11.7 Å². The molecule has 0 unspecified atom stereocenters. The third-order valence-corrected chi connectivity index (χ3v) is 5.29. The lowest BCUT2D eigenvalue weighted by atomic mass is 10.1. The Bertz CT molecular complexity index is 1130. The third kappa shape index (κ3) is 4.40. The predicted octanol–water partition coefficient (Wildman–Crippen LogP) is 2.25. The summed E-state index contributed by atoms with van der Waals surface area (Å²) in [6.45, 7) is 0. The highest BCUT2D eigenvalue weighted by Crippen LogP contribution is 2.30. The Labute approximate surface area is 178 Å². The van der Waals surface area contributed by atoms with Crippen LogP contribution < -0.4 is 15.0 Å². The number of likely N-dealkylation sites (N-methyl/N-ethyl adjacent to an activating group) is 1. The highest BCUT2D eigenvalue weighted by Gasteiger charge is 2.30. The molecule has 2 N–H and O–H groups in total. The minimum Gasteiger partial charge on any atom is -0.497 e. The molecule has 1 aliphatic rings. The number of aromatic nitrogens is 3. The van der Waals surface area contributed by atoms with E-state index in [1.54, 1.807) is 26.3 Å². The summed E-state index contributed by atoms with van der Waals surface area (Å²) in [5.74, 6) is -0.0882. The Morgan fingerprint density at radius 1 is 1.32 bits per heavy atom. The number of benzene rings is 2. The summed E-state index contributed by atoms with van der Waals surface area (Å²) >= 11 is 0. The summed E-state index contributed by atoms with van der Waals surface area (Å²) in [7, 11) is 3.25. The van der Waals surface area contributed by atoms with Gasteiger partial charge >= 0.3 is 0 Å². The molecule has 2 heterocycles. The number of nitrogens with zero attached hydrogens (tertiary/aromatic N) is 3. The molecule has 0 saturated carbocycles. The van der Waals surface area contributed by atoms with Crippen molar-refractivity contribution in [3.63, 3.8) is 0 Å². The SMILES string of the molecule is COc1ccc2c(c1)N(C)C(=O)[C@H](NC(=O)c1n[nH]c(Cc3cccc(F)c3)n1)CC2. The number of hydrogen-bond acceptors (Lipinski definition) is 5. The van der Waals surface area contributed by atoms with Crippen LogP contribution in [0, 0.1) is 5.82 Å². The molecule has 8 nitrogen and oxygen atoms in total. The Balaban J connectivity index is 1.45. The van der Waals surface area contributed by atoms with Crippen molar-refractivity contribution in [2.45, 2.75) is 25.3 Å². The summed E-state index contributed by atoms with van der Waals surface area (Å²) in [6.07, 6.45) is 1.38. The van der Waals surface area contributed by atoms with Crippen molar-refractivity contribution < 1.29 is 18.7 Å². The number of rotatable bonds is 5. The second-order valence-electron chi connectivity index (χ2n) is 7.37. The molecule has 1 atom stereocenters. The van der Waals surface area contributed by atoms with Gasteiger partial charge in [0.25, 0.3) is 5.91 Å². The molecule has 0 aliphatic carbocycles. The van der Waals surface area contributed by atoms with Crippen LogP contribution in [0.5, 0.6) is 5.75 Å². The smallest absolute Gasteiger partial charge is 0.291 e. The number of carbonyl (C=O) groups excluding carboxylic acids is 2. The van der Waals surface area contributed by atoms with Crippen LogP contribution in [-0.2, 0) is 17.6 Å². The van der Waals surface area contributed by atoms with Crippen LogP contribution in [0.3, 0.4) is 0 Å². The van der Waals surface area contributed by atoms with Gasteiger partial charge in [0.05, 0.1) is 12.8 Å². The first-order valence-electron chi connectivity index (χ1n) is 9.85. The fourth-order valence-electron chi connectivity index (χ4n) is 3.64. The van der Waals surface area contributed by atoms with E-state index in [4.69, 9.17) is 4.74 Å². The lowest BCUT2D eigenvalue weighted by Gasteiger charge is -2.22. The van der Waals surface area contributed by atoms with Gasteiger partial charge < -0.3 is 15.0 Å². The number of H-pyrrole nitrogens is 1. The lowest BCUT2D eigenvalue weighted by Crippen LogP contribution is -2.47. The summed E-state index contributed by atoms with van der Waals surface area (Å²) < 4.78 is 18.6. The number of ether oxygens (including phenoxy) is 1. The van der Waals surface area contributed by atoms with E-state index in [9.17, 15) is 14.0 Å². The molecule has 0 radical (unpaired) electrons. The normalized spacial score (nSPS) is 15.9. The minimum absolute atomic E-state index is 0.0645. The van der Waals surface area contributed by atoms with E-state index < -0.39 is 11.9 Å². The first kappa shape index (κ1) is 20.5. The molecule has 0 bridgehead atoms. The van der Waals surface area contributed by atoms with Gasteiger partial charge in [-0.15, -0.1) is 5.10 Å². The number of hydrogen-bond donors (Lipinski definition) is 2. The standard InChI is InChI=1S/C22H22FN5O3/c1-28-18-12-16(31-2)8-6-14(18)7-9-17(22(28)30)24-21(29)20-25-19(26-27-20)11-13-4-3-5-15(23)10-13/h3-6,8,10,12,17H,7,9,11H2,1-2H3,(H,24,29)(H,25,26,27)/t17-/m1/s1. The van der Waals surface area contributed by atoms with Crippen LogP contribution in [0.15, 0.2) is 42.5 Å². The highest BCUT2D eigenvalue weighted by atomic mass is 19.1. The average Bonchev–Trinajstić information content (AvgIpc) is 3.20. The van der Waals surface area contributed by atoms with Gasteiger partial charge in [-0.1, -0.05) is 18.2 Å². The van der Waals surface area contributed by atoms with E-state index >= 15 is 0 Å². The zero-order chi connectivity index (χ0) is 22.0. The molecular formula is C22H22FN5O3. The molecule has 9 heteroatoms. The lowest BCUT2D eigenvalue weighted by molar-refractivity contribution is -0.120. The Kier molecular flexibility index (Phi) is 5.66. The molecule has 2 amide bonds.